The highest BCUT2D eigenvalue weighted by Gasteiger charge is 2.50. The number of carbonyl (C=O) groups is 3. The maximum absolute atomic E-state index is 11.1. The summed E-state index contributed by atoms with van der Waals surface area (Å²) < 4.78 is 0. The van der Waals surface area contributed by atoms with Crippen LogP contribution in [0.5, 0.6) is 0 Å². The second-order valence-electron chi connectivity index (χ2n) is 9.80. The van der Waals surface area contributed by atoms with E-state index >= 15 is 0 Å². The first-order valence-electron chi connectivity index (χ1n) is 12.6. The van der Waals surface area contributed by atoms with Gasteiger partial charge in [-0.2, -0.15) is 0 Å². The molecule has 208 valence electrons. The number of rotatable bonds is 15. The molecule has 1 fully saturated rings. The highest BCUT2D eigenvalue weighted by atomic mass is 16.4. The quantitative estimate of drug-likeness (QED) is 0.129. The van der Waals surface area contributed by atoms with Gasteiger partial charge in [-0.15, -0.1) is 0 Å². The number of β-amino-alcohol motifs (C(OH)–C–C–N with tert-alkyl or cyclic N) is 1. The number of aliphatic carboxylic acids is 3. The molecule has 13 nitrogen and oxygen atoms in total. The lowest BCUT2D eigenvalue weighted by atomic mass is 9.84. The van der Waals surface area contributed by atoms with Gasteiger partial charge in [-0.25, -0.2) is 0 Å². The molecule has 7 N–H and O–H groups in total. The summed E-state index contributed by atoms with van der Waals surface area (Å²) in [4.78, 5) is 38.8. The first-order chi connectivity index (χ1) is 17.5. The average molecular weight is 528 g/mol. The molecule has 0 aliphatic carbocycles. The van der Waals surface area contributed by atoms with Crippen molar-refractivity contribution in [2.45, 2.75) is 68.9 Å². The second-order valence-corrected chi connectivity index (χ2v) is 9.80. The Morgan fingerprint density at radius 2 is 1.49 bits per heavy atom. The minimum atomic E-state index is -1.46. The lowest BCUT2D eigenvalue weighted by molar-refractivity contribution is -0.138. The molecular weight excluding hydrogens is 490 g/mol. The van der Waals surface area contributed by atoms with E-state index in [1.54, 1.807) is 11.1 Å². The fourth-order valence-corrected chi connectivity index (χ4v) is 5.58. The molecule has 0 saturated carbocycles. The number of carboxylic acid groups (broad SMARTS) is 3. The van der Waals surface area contributed by atoms with Gasteiger partial charge in [0.05, 0.1) is 30.5 Å². The van der Waals surface area contributed by atoms with Gasteiger partial charge in [0.2, 0.25) is 0 Å². The molecule has 3 heterocycles. The Hall–Kier alpha value is -2.71. The number of aliphatic hydroxyl groups is 4. The van der Waals surface area contributed by atoms with E-state index in [1.165, 1.54) is 0 Å². The lowest BCUT2D eigenvalue weighted by Crippen LogP contribution is -2.55. The Kier molecular flexibility index (Phi) is 9.90. The molecule has 0 amide bonds. The molecule has 5 unspecified atom stereocenters. The Morgan fingerprint density at radius 3 is 2.05 bits per heavy atom. The van der Waals surface area contributed by atoms with Crippen LogP contribution >= 0.6 is 0 Å². The maximum atomic E-state index is 11.1. The predicted octanol–water partition coefficient (Wildman–Crippen LogP) is -1.52. The van der Waals surface area contributed by atoms with Crippen LogP contribution < -0.4 is 0 Å². The number of carboxylic acids is 3. The highest BCUT2D eigenvalue weighted by molar-refractivity contribution is 5.67. The van der Waals surface area contributed by atoms with Crippen LogP contribution in [0.4, 0.5) is 0 Å². The Labute approximate surface area is 214 Å². The van der Waals surface area contributed by atoms with Crippen molar-refractivity contribution in [2.75, 3.05) is 39.3 Å². The average Bonchev–Trinajstić information content (AvgIpc) is 3.20. The smallest absolute Gasteiger partial charge is 0.303 e. The van der Waals surface area contributed by atoms with Gasteiger partial charge in [0.15, 0.2) is 0 Å². The van der Waals surface area contributed by atoms with E-state index in [1.807, 2.05) is 9.80 Å². The van der Waals surface area contributed by atoms with E-state index in [2.05, 4.69) is 0 Å². The van der Waals surface area contributed by atoms with E-state index in [0.29, 0.717) is 31.5 Å². The third-order valence-corrected chi connectivity index (χ3v) is 7.17. The number of nitrogens with zero attached hydrogens (tertiary/aromatic N) is 3. The Morgan fingerprint density at radius 1 is 0.919 bits per heavy atom. The van der Waals surface area contributed by atoms with Crippen molar-refractivity contribution in [3.8, 4) is 0 Å². The van der Waals surface area contributed by atoms with Gasteiger partial charge < -0.3 is 45.5 Å². The summed E-state index contributed by atoms with van der Waals surface area (Å²) in [7, 11) is 0. The van der Waals surface area contributed by atoms with Gasteiger partial charge in [-0.3, -0.25) is 19.3 Å². The first kappa shape index (κ1) is 28.9. The third kappa shape index (κ3) is 6.79. The summed E-state index contributed by atoms with van der Waals surface area (Å²) in [5.41, 5.74) is 2.18. The van der Waals surface area contributed by atoms with Crippen LogP contribution in [0.1, 0.15) is 38.5 Å². The molecule has 13 heteroatoms. The van der Waals surface area contributed by atoms with Crippen LogP contribution in [-0.4, -0.2) is 138 Å². The molecule has 0 aromatic carbocycles. The summed E-state index contributed by atoms with van der Waals surface area (Å²) in [6.45, 7) is 0.784. The van der Waals surface area contributed by atoms with Crippen molar-refractivity contribution < 1.29 is 50.1 Å². The largest absolute Gasteiger partial charge is 0.481 e. The van der Waals surface area contributed by atoms with Crippen LogP contribution in [0.25, 0.3) is 0 Å². The van der Waals surface area contributed by atoms with E-state index in [-0.39, 0.29) is 45.3 Å². The molecular formula is C24H37N3O10. The lowest BCUT2D eigenvalue weighted by Gasteiger charge is -2.47. The second kappa shape index (κ2) is 12.7. The van der Waals surface area contributed by atoms with Crippen LogP contribution in [0.3, 0.4) is 0 Å². The van der Waals surface area contributed by atoms with Crippen LogP contribution in [-0.2, 0) is 14.4 Å². The molecule has 0 radical (unpaired) electrons. The number of hydrogen-bond acceptors (Lipinski definition) is 10. The Balaban J connectivity index is 1.98. The normalized spacial score (nSPS) is 25.1. The van der Waals surface area contributed by atoms with Gasteiger partial charge >= 0.3 is 17.9 Å². The van der Waals surface area contributed by atoms with Gasteiger partial charge in [0, 0.05) is 51.6 Å². The number of piperidine rings is 1. The highest BCUT2D eigenvalue weighted by Crippen LogP contribution is 2.44. The zero-order valence-electron chi connectivity index (χ0n) is 20.6. The van der Waals surface area contributed by atoms with Crippen LogP contribution in [0, 0.1) is 0 Å². The van der Waals surface area contributed by atoms with Gasteiger partial charge in [-0.05, 0) is 37.0 Å². The molecule has 0 spiro atoms. The molecule has 3 rings (SSSR count). The minimum Gasteiger partial charge on any atom is -0.481 e. The zero-order valence-corrected chi connectivity index (χ0v) is 20.6. The number of aliphatic hydroxyl groups excluding tert-OH is 4. The molecule has 1 saturated heterocycles. The van der Waals surface area contributed by atoms with Crippen molar-refractivity contribution in [2.24, 2.45) is 0 Å². The predicted molar refractivity (Wildman–Crippen MR) is 128 cm³/mol. The van der Waals surface area contributed by atoms with E-state index < -0.39 is 54.9 Å². The monoisotopic (exact) mass is 527 g/mol. The summed E-state index contributed by atoms with van der Waals surface area (Å²) in [5.74, 6) is -2.84. The molecule has 0 bridgehead atoms. The summed E-state index contributed by atoms with van der Waals surface area (Å²) in [6.07, 6.45) is -1.25. The van der Waals surface area contributed by atoms with Crippen LogP contribution in [0.2, 0.25) is 0 Å². The summed E-state index contributed by atoms with van der Waals surface area (Å²) in [5, 5.41) is 69.2. The van der Waals surface area contributed by atoms with Gasteiger partial charge in [-0.1, -0.05) is 0 Å². The molecule has 0 aromatic rings. The van der Waals surface area contributed by atoms with Crippen molar-refractivity contribution in [3.05, 3.63) is 23.0 Å². The van der Waals surface area contributed by atoms with E-state index in [9.17, 15) is 34.8 Å². The Bertz CT molecular complexity index is 922. The topological polar surface area (TPSA) is 203 Å². The van der Waals surface area contributed by atoms with Crippen molar-refractivity contribution in [1.29, 1.82) is 0 Å². The SMILES string of the molecule is O=C(O)CCCN1CC(O)C2C3=C(CN2CCCC(=O)O)C(C(O)C(O)CO)N(CCCC(=O)O)C=C31. The standard InChI is InChI=1S/C24H37N3O10/c28-13-17(30)24(37)22-14-10-26(8-2-5-19(33)34)23-16(29)12-25(7-1-4-18(31)32)15(21(14)23)11-27(22)9-3-6-20(35)36/h11,16-17,22-24,28-30,37H,1-10,12-13H2,(H,31,32)(H,33,34)(H,35,36). The summed E-state index contributed by atoms with van der Waals surface area (Å²) in [6, 6.07) is -1.28. The fraction of sp³-hybridized carbons (Fsp3) is 0.708. The number of likely N-dealkylation sites (tertiary alicyclic amines) is 1. The maximum Gasteiger partial charge on any atom is 0.303 e. The van der Waals surface area contributed by atoms with Crippen LogP contribution in [0.15, 0.2) is 23.0 Å². The summed E-state index contributed by atoms with van der Waals surface area (Å²) >= 11 is 0. The first-order valence-corrected chi connectivity index (χ1v) is 12.6. The van der Waals surface area contributed by atoms with Gasteiger partial charge in [0.1, 0.15) is 12.2 Å². The molecule has 37 heavy (non-hydrogen) atoms. The van der Waals surface area contributed by atoms with Crippen molar-refractivity contribution >= 4 is 17.9 Å². The van der Waals surface area contributed by atoms with E-state index in [0.717, 1.165) is 11.3 Å². The molecule has 0 aromatic heterocycles. The number of hydrogen-bond donors (Lipinski definition) is 7. The van der Waals surface area contributed by atoms with E-state index in [4.69, 9.17) is 15.3 Å². The van der Waals surface area contributed by atoms with Gasteiger partial charge in [0.25, 0.3) is 0 Å². The third-order valence-electron chi connectivity index (χ3n) is 7.17. The molecule has 5 atom stereocenters. The zero-order chi connectivity index (χ0) is 27.3. The minimum absolute atomic E-state index is 0.0510. The molecule has 3 aliphatic heterocycles. The van der Waals surface area contributed by atoms with Crippen molar-refractivity contribution in [3.63, 3.8) is 0 Å². The molecule has 3 aliphatic rings. The fourth-order valence-electron chi connectivity index (χ4n) is 5.58. The van der Waals surface area contributed by atoms with Crippen molar-refractivity contribution in [1.82, 2.24) is 14.7 Å².